The van der Waals surface area contributed by atoms with Crippen LogP contribution < -0.4 is 0 Å². The van der Waals surface area contributed by atoms with Crippen molar-refractivity contribution in [3.63, 3.8) is 0 Å². The number of aromatic nitrogens is 4. The van der Waals surface area contributed by atoms with E-state index < -0.39 is 0 Å². The highest BCUT2D eigenvalue weighted by molar-refractivity contribution is 8.76. The summed E-state index contributed by atoms with van der Waals surface area (Å²) in [5.74, 6) is 2.15. The molecule has 4 aromatic heterocycles. The van der Waals surface area contributed by atoms with Gasteiger partial charge in [-0.1, -0.05) is 45.9 Å². The maximum absolute atomic E-state index is 4.54. The molecule has 0 aliphatic heterocycles. The Labute approximate surface area is 234 Å². The van der Waals surface area contributed by atoms with Crippen molar-refractivity contribution in [1.29, 1.82) is 0 Å². The van der Waals surface area contributed by atoms with Crippen LogP contribution in [0.25, 0.3) is 0 Å². The van der Waals surface area contributed by atoms with Crippen LogP contribution in [0.15, 0.2) is 97.6 Å². The van der Waals surface area contributed by atoms with Crippen molar-refractivity contribution in [2.24, 2.45) is 0 Å². The molecule has 0 aliphatic carbocycles. The molecular weight excluding hydrogens is 509 g/mol. The van der Waals surface area contributed by atoms with E-state index in [1.807, 2.05) is 70.6 Å². The molecule has 4 rings (SSSR count). The molecule has 0 saturated heterocycles. The highest BCUT2D eigenvalue weighted by Gasteiger charge is 2.10. The monoisotopic (exact) mass is 544 g/mol. The van der Waals surface area contributed by atoms with Gasteiger partial charge in [0.25, 0.3) is 0 Å². The number of hydrogen-bond acceptors (Lipinski definition) is 8. The average molecular weight is 545 g/mol. The molecule has 4 aromatic rings. The molecule has 0 aromatic carbocycles. The Morgan fingerprint density at radius 2 is 0.816 bits per heavy atom. The Balaban J connectivity index is 1.21. The first-order valence-corrected chi connectivity index (χ1v) is 15.6. The van der Waals surface area contributed by atoms with Crippen LogP contribution in [0.5, 0.6) is 0 Å². The molecule has 198 valence electrons. The summed E-state index contributed by atoms with van der Waals surface area (Å²) in [5, 5.41) is 0. The van der Waals surface area contributed by atoms with Crippen molar-refractivity contribution in [3.8, 4) is 0 Å². The Bertz CT molecular complexity index is 1040. The van der Waals surface area contributed by atoms with Gasteiger partial charge in [0.1, 0.15) is 0 Å². The molecule has 6 nitrogen and oxygen atoms in total. The molecule has 0 aliphatic rings. The van der Waals surface area contributed by atoms with Gasteiger partial charge in [-0.25, -0.2) is 0 Å². The van der Waals surface area contributed by atoms with Crippen LogP contribution in [0.3, 0.4) is 0 Å². The largest absolute Gasteiger partial charge is 0.296 e. The summed E-state index contributed by atoms with van der Waals surface area (Å²) in [5.41, 5.74) is 4.51. The number of rotatable bonds is 17. The Morgan fingerprint density at radius 1 is 0.447 bits per heavy atom. The van der Waals surface area contributed by atoms with Gasteiger partial charge in [0.2, 0.25) is 0 Å². The summed E-state index contributed by atoms with van der Waals surface area (Å²) < 4.78 is 0. The lowest BCUT2D eigenvalue weighted by atomic mass is 10.2. The quantitative estimate of drug-likeness (QED) is 0.129. The minimum atomic E-state index is 0.865. The van der Waals surface area contributed by atoms with E-state index in [-0.39, 0.29) is 0 Å². The van der Waals surface area contributed by atoms with E-state index in [4.69, 9.17) is 0 Å². The Morgan fingerprint density at radius 3 is 1.16 bits per heavy atom. The zero-order valence-corrected chi connectivity index (χ0v) is 23.4. The van der Waals surface area contributed by atoms with E-state index in [1.165, 1.54) is 0 Å². The van der Waals surface area contributed by atoms with Gasteiger partial charge < -0.3 is 0 Å². The highest BCUT2D eigenvalue weighted by Crippen LogP contribution is 2.22. The minimum Gasteiger partial charge on any atom is -0.296 e. The number of nitrogens with zero attached hydrogens (tertiary/aromatic N) is 6. The molecule has 0 unspecified atom stereocenters. The summed E-state index contributed by atoms with van der Waals surface area (Å²) in [6.07, 6.45) is 9.40. The number of hydrogen-bond donors (Lipinski definition) is 0. The van der Waals surface area contributed by atoms with Crippen molar-refractivity contribution in [2.75, 3.05) is 37.7 Å². The van der Waals surface area contributed by atoms with E-state index in [9.17, 15) is 0 Å². The van der Waals surface area contributed by atoms with Crippen LogP contribution in [0.1, 0.15) is 22.8 Å². The SMILES string of the molecule is c1ccc(CCN(CCSSCCN(CCc2ccccn2)Cc2ccccn2)Cc2ccccn2)nc1. The average Bonchev–Trinajstić information content (AvgIpc) is 2.98. The van der Waals surface area contributed by atoms with Crippen molar-refractivity contribution >= 4 is 21.6 Å². The second kappa shape index (κ2) is 16.9. The molecule has 0 atom stereocenters. The van der Waals surface area contributed by atoms with Crippen molar-refractivity contribution in [1.82, 2.24) is 29.7 Å². The van der Waals surface area contributed by atoms with Crippen LogP contribution in [0.2, 0.25) is 0 Å². The van der Waals surface area contributed by atoms with Gasteiger partial charge in [-0.2, -0.15) is 0 Å². The first-order valence-electron chi connectivity index (χ1n) is 13.1. The second-order valence-corrected chi connectivity index (χ2v) is 11.7. The lowest BCUT2D eigenvalue weighted by molar-refractivity contribution is 0.281. The molecule has 0 radical (unpaired) electrons. The van der Waals surface area contributed by atoms with E-state index in [2.05, 4.69) is 78.3 Å². The van der Waals surface area contributed by atoms with Gasteiger partial charge in [-0.15, -0.1) is 0 Å². The van der Waals surface area contributed by atoms with Gasteiger partial charge in [0.15, 0.2) is 0 Å². The summed E-state index contributed by atoms with van der Waals surface area (Å²) in [4.78, 5) is 23.1. The zero-order valence-electron chi connectivity index (χ0n) is 21.8. The summed E-state index contributed by atoms with van der Waals surface area (Å²) in [6.45, 7) is 5.74. The molecule has 0 fully saturated rings. The zero-order chi connectivity index (χ0) is 26.1. The lowest BCUT2D eigenvalue weighted by Crippen LogP contribution is -2.29. The highest BCUT2D eigenvalue weighted by atomic mass is 33.1. The molecule has 4 heterocycles. The van der Waals surface area contributed by atoms with Crippen LogP contribution in [-0.4, -0.2) is 67.4 Å². The summed E-state index contributed by atoms with van der Waals surface area (Å²) in [7, 11) is 3.92. The normalized spacial score (nSPS) is 11.3. The fourth-order valence-electron chi connectivity index (χ4n) is 4.07. The fraction of sp³-hybridized carbons (Fsp3) is 0.333. The van der Waals surface area contributed by atoms with E-state index >= 15 is 0 Å². The number of pyridine rings is 4. The molecule has 38 heavy (non-hydrogen) atoms. The first kappa shape index (κ1) is 28.2. The molecule has 0 amide bonds. The molecule has 0 bridgehead atoms. The van der Waals surface area contributed by atoms with Gasteiger partial charge in [-0.3, -0.25) is 29.7 Å². The van der Waals surface area contributed by atoms with Crippen molar-refractivity contribution in [3.05, 3.63) is 120 Å². The van der Waals surface area contributed by atoms with Crippen LogP contribution in [0, 0.1) is 0 Å². The third-order valence-electron chi connectivity index (χ3n) is 6.11. The van der Waals surface area contributed by atoms with E-state index in [1.54, 1.807) is 0 Å². The van der Waals surface area contributed by atoms with Gasteiger partial charge in [0.05, 0.1) is 11.4 Å². The molecule has 8 heteroatoms. The maximum atomic E-state index is 4.54. The van der Waals surface area contributed by atoms with Crippen LogP contribution in [-0.2, 0) is 25.9 Å². The molecule has 0 spiro atoms. The molecule has 0 N–H and O–H groups in total. The van der Waals surface area contributed by atoms with E-state index in [0.717, 1.165) is 86.4 Å². The second-order valence-electron chi connectivity index (χ2n) is 8.98. The standard InChI is InChI=1S/C30H36N6S2/c1-5-15-31-27(9-1)13-19-35(25-29-11-3-7-17-33-29)21-23-37-38-24-22-36(26-30-12-4-8-18-34-30)20-14-28-10-2-6-16-32-28/h1-12,15-18H,13-14,19-26H2. The topological polar surface area (TPSA) is 58.0 Å². The van der Waals surface area contributed by atoms with Crippen LogP contribution >= 0.6 is 21.6 Å². The van der Waals surface area contributed by atoms with Gasteiger partial charge >= 0.3 is 0 Å². The van der Waals surface area contributed by atoms with Crippen LogP contribution in [0.4, 0.5) is 0 Å². The third-order valence-corrected chi connectivity index (χ3v) is 8.47. The van der Waals surface area contributed by atoms with Gasteiger partial charge in [-0.05, 0) is 48.5 Å². The summed E-state index contributed by atoms with van der Waals surface area (Å²) >= 11 is 0. The Hall–Kier alpha value is -2.78. The summed E-state index contributed by atoms with van der Waals surface area (Å²) in [6, 6.07) is 24.6. The molecule has 0 saturated carbocycles. The maximum Gasteiger partial charge on any atom is 0.0543 e. The first-order chi connectivity index (χ1) is 18.8. The van der Waals surface area contributed by atoms with Crippen molar-refractivity contribution < 1.29 is 0 Å². The van der Waals surface area contributed by atoms with Gasteiger partial charge in [0, 0.05) is 99.8 Å². The van der Waals surface area contributed by atoms with Crippen molar-refractivity contribution in [2.45, 2.75) is 25.9 Å². The lowest BCUT2D eigenvalue weighted by Gasteiger charge is -2.22. The van der Waals surface area contributed by atoms with E-state index in [0.29, 0.717) is 0 Å². The Kier molecular flexibility index (Phi) is 12.6. The fourth-order valence-corrected chi connectivity index (χ4v) is 6.12. The third kappa shape index (κ3) is 10.9. The predicted octanol–water partition coefficient (Wildman–Crippen LogP) is 5.44. The molecular formula is C30H36N6S2. The minimum absolute atomic E-state index is 0.865. The predicted molar refractivity (Wildman–Crippen MR) is 160 cm³/mol. The smallest absolute Gasteiger partial charge is 0.0543 e.